The molecule has 168 valence electrons. The highest BCUT2D eigenvalue weighted by Gasteiger charge is 2.37. The van der Waals surface area contributed by atoms with Crippen LogP contribution in [0.5, 0.6) is 0 Å². The molecule has 0 aliphatic heterocycles. The summed E-state index contributed by atoms with van der Waals surface area (Å²) in [6, 6.07) is 15.0. The Hall–Kier alpha value is -2.33. The van der Waals surface area contributed by atoms with E-state index in [0.29, 0.717) is 11.8 Å². The fraction of sp³-hybridized carbons (Fsp3) is 0.519. The molecule has 0 heterocycles. The molecule has 0 bridgehead atoms. The second-order valence-electron chi connectivity index (χ2n) is 9.93. The third-order valence-corrected chi connectivity index (χ3v) is 6.40. The van der Waals surface area contributed by atoms with Crippen molar-refractivity contribution in [3.63, 3.8) is 0 Å². The molecule has 0 radical (unpaired) electrons. The molecule has 2 aromatic rings. The lowest BCUT2D eigenvalue weighted by Gasteiger charge is -2.32. The van der Waals surface area contributed by atoms with Crippen molar-refractivity contribution in [2.75, 3.05) is 19.4 Å². The molecule has 1 aliphatic carbocycles. The second kappa shape index (κ2) is 9.86. The van der Waals surface area contributed by atoms with Crippen LogP contribution in [-0.4, -0.2) is 25.0 Å². The predicted molar refractivity (Wildman–Crippen MR) is 131 cm³/mol. The number of hydrogen-bond acceptors (Lipinski definition) is 2. The molecule has 0 unspecified atom stereocenters. The summed E-state index contributed by atoms with van der Waals surface area (Å²) < 4.78 is 0. The standard InChI is InChI=1S/C27H39N3O/c1-19(2)23-13-10-14-24(20(3)4)25(23)28-26(31)29-27(15-7-8-16-27)22-12-9-11-21(17-22)18-30(5)6/h9-14,17,19-20H,7-8,15-16,18H2,1-6H3,(H2,28,29,31). The van der Waals surface area contributed by atoms with Crippen LogP contribution in [0.4, 0.5) is 10.5 Å². The molecule has 1 aliphatic rings. The SMILES string of the molecule is CC(C)c1cccc(C(C)C)c1NC(=O)NC1(c2cccc(CN(C)C)c2)CCCC1. The molecule has 31 heavy (non-hydrogen) atoms. The average molecular weight is 422 g/mol. The van der Waals surface area contributed by atoms with E-state index in [-0.39, 0.29) is 11.6 Å². The Balaban J connectivity index is 1.88. The van der Waals surface area contributed by atoms with Gasteiger partial charge in [-0.2, -0.15) is 0 Å². The first-order chi connectivity index (χ1) is 14.7. The quantitative estimate of drug-likeness (QED) is 0.530. The fourth-order valence-electron chi connectivity index (χ4n) is 4.85. The maximum Gasteiger partial charge on any atom is 0.319 e. The van der Waals surface area contributed by atoms with E-state index in [0.717, 1.165) is 37.9 Å². The Morgan fingerprint density at radius 3 is 2.10 bits per heavy atom. The first-order valence-electron chi connectivity index (χ1n) is 11.7. The Kier molecular flexibility index (Phi) is 7.42. The molecule has 4 nitrogen and oxygen atoms in total. The lowest BCUT2D eigenvalue weighted by atomic mass is 9.87. The molecular weight excluding hydrogens is 382 g/mol. The Labute approximate surface area is 188 Å². The van der Waals surface area contributed by atoms with Gasteiger partial charge in [-0.05, 0) is 61.0 Å². The minimum absolute atomic E-state index is 0.102. The van der Waals surface area contributed by atoms with Crippen molar-refractivity contribution in [1.29, 1.82) is 0 Å². The summed E-state index contributed by atoms with van der Waals surface area (Å²) >= 11 is 0. The van der Waals surface area contributed by atoms with Gasteiger partial charge in [-0.3, -0.25) is 0 Å². The second-order valence-corrected chi connectivity index (χ2v) is 9.93. The van der Waals surface area contributed by atoms with Crippen LogP contribution < -0.4 is 10.6 Å². The van der Waals surface area contributed by atoms with Crippen LogP contribution in [0.15, 0.2) is 42.5 Å². The summed E-state index contributed by atoms with van der Waals surface area (Å²) in [6.07, 6.45) is 4.24. The number of rotatable bonds is 7. The molecule has 4 heteroatoms. The summed E-state index contributed by atoms with van der Waals surface area (Å²) in [5.41, 5.74) is 5.56. The number of urea groups is 1. The predicted octanol–water partition coefficient (Wildman–Crippen LogP) is 6.59. The Morgan fingerprint density at radius 2 is 1.55 bits per heavy atom. The molecule has 3 rings (SSSR count). The van der Waals surface area contributed by atoms with Crippen LogP contribution >= 0.6 is 0 Å². The first-order valence-corrected chi connectivity index (χ1v) is 11.7. The molecule has 0 saturated heterocycles. The number of anilines is 1. The topological polar surface area (TPSA) is 44.4 Å². The average Bonchev–Trinajstić information content (AvgIpc) is 3.17. The van der Waals surface area contributed by atoms with E-state index in [9.17, 15) is 4.79 Å². The monoisotopic (exact) mass is 421 g/mol. The van der Waals surface area contributed by atoms with Gasteiger partial charge in [0, 0.05) is 12.2 Å². The highest BCUT2D eigenvalue weighted by atomic mass is 16.2. The van der Waals surface area contributed by atoms with E-state index in [4.69, 9.17) is 0 Å². The van der Waals surface area contributed by atoms with E-state index in [1.165, 1.54) is 22.3 Å². The minimum Gasteiger partial charge on any atom is -0.328 e. The van der Waals surface area contributed by atoms with Crippen LogP contribution in [0, 0.1) is 0 Å². The molecule has 0 atom stereocenters. The lowest BCUT2D eigenvalue weighted by Crippen LogP contribution is -2.46. The number of hydrogen-bond donors (Lipinski definition) is 2. The summed E-state index contributed by atoms with van der Waals surface area (Å²) in [7, 11) is 4.17. The van der Waals surface area contributed by atoms with E-state index in [2.05, 4.69) is 99.8 Å². The zero-order valence-corrected chi connectivity index (χ0v) is 20.1. The molecular formula is C27H39N3O. The lowest BCUT2D eigenvalue weighted by molar-refractivity contribution is 0.236. The normalized spacial score (nSPS) is 15.6. The van der Waals surface area contributed by atoms with Gasteiger partial charge in [-0.1, -0.05) is 83.0 Å². The van der Waals surface area contributed by atoms with Crippen LogP contribution in [0.1, 0.15) is 87.5 Å². The van der Waals surface area contributed by atoms with E-state index >= 15 is 0 Å². The number of carbonyl (C=O) groups is 1. The maximum atomic E-state index is 13.3. The van der Waals surface area contributed by atoms with Crippen molar-refractivity contribution in [2.45, 2.75) is 77.3 Å². The maximum absolute atomic E-state index is 13.3. The largest absolute Gasteiger partial charge is 0.328 e. The van der Waals surface area contributed by atoms with Crippen LogP contribution in [0.25, 0.3) is 0 Å². The summed E-state index contributed by atoms with van der Waals surface area (Å²) in [6.45, 7) is 9.61. The molecule has 2 amide bonds. The zero-order chi connectivity index (χ0) is 22.6. The van der Waals surface area contributed by atoms with Gasteiger partial charge in [0.1, 0.15) is 0 Å². The Bertz CT molecular complexity index is 869. The number of nitrogens with one attached hydrogen (secondary N) is 2. The third kappa shape index (κ3) is 5.48. The fourth-order valence-corrected chi connectivity index (χ4v) is 4.85. The van der Waals surface area contributed by atoms with E-state index < -0.39 is 0 Å². The number of amides is 2. The van der Waals surface area contributed by atoms with Gasteiger partial charge in [0.05, 0.1) is 5.54 Å². The number of para-hydroxylation sites is 1. The van der Waals surface area contributed by atoms with Gasteiger partial charge in [0.25, 0.3) is 0 Å². The molecule has 1 fully saturated rings. The van der Waals surface area contributed by atoms with Crippen LogP contribution in [0.2, 0.25) is 0 Å². The van der Waals surface area contributed by atoms with Gasteiger partial charge in [0.2, 0.25) is 0 Å². The molecule has 2 aromatic carbocycles. The van der Waals surface area contributed by atoms with Gasteiger partial charge in [0.15, 0.2) is 0 Å². The van der Waals surface area contributed by atoms with Gasteiger partial charge in [-0.15, -0.1) is 0 Å². The third-order valence-electron chi connectivity index (χ3n) is 6.40. The van der Waals surface area contributed by atoms with Gasteiger partial charge < -0.3 is 15.5 Å². The number of nitrogens with zero attached hydrogens (tertiary/aromatic N) is 1. The van der Waals surface area contributed by atoms with Crippen LogP contribution in [0.3, 0.4) is 0 Å². The van der Waals surface area contributed by atoms with Gasteiger partial charge >= 0.3 is 6.03 Å². The number of carbonyl (C=O) groups excluding carboxylic acids is 1. The Morgan fingerprint density at radius 1 is 0.968 bits per heavy atom. The number of benzene rings is 2. The summed E-state index contributed by atoms with van der Waals surface area (Å²) in [4.78, 5) is 15.5. The minimum atomic E-state index is -0.294. The molecule has 0 aromatic heterocycles. The van der Waals surface area contributed by atoms with Crippen molar-refractivity contribution in [2.24, 2.45) is 0 Å². The van der Waals surface area contributed by atoms with Crippen molar-refractivity contribution in [1.82, 2.24) is 10.2 Å². The molecule has 1 saturated carbocycles. The highest BCUT2D eigenvalue weighted by molar-refractivity contribution is 5.92. The van der Waals surface area contributed by atoms with E-state index in [1.807, 2.05) is 0 Å². The zero-order valence-electron chi connectivity index (χ0n) is 20.1. The first kappa shape index (κ1) is 23.3. The van der Waals surface area contributed by atoms with Gasteiger partial charge in [-0.25, -0.2) is 4.79 Å². The van der Waals surface area contributed by atoms with Crippen molar-refractivity contribution in [3.8, 4) is 0 Å². The van der Waals surface area contributed by atoms with Crippen molar-refractivity contribution < 1.29 is 4.79 Å². The molecule has 2 N–H and O–H groups in total. The highest BCUT2D eigenvalue weighted by Crippen LogP contribution is 2.39. The smallest absolute Gasteiger partial charge is 0.319 e. The summed E-state index contributed by atoms with van der Waals surface area (Å²) in [5.74, 6) is 0.689. The van der Waals surface area contributed by atoms with E-state index in [1.54, 1.807) is 0 Å². The summed E-state index contributed by atoms with van der Waals surface area (Å²) in [5, 5.41) is 6.66. The molecule has 0 spiro atoms. The van der Waals surface area contributed by atoms with Crippen molar-refractivity contribution >= 4 is 11.7 Å². The van der Waals surface area contributed by atoms with Crippen LogP contribution in [-0.2, 0) is 12.1 Å². The van der Waals surface area contributed by atoms with Crippen molar-refractivity contribution in [3.05, 3.63) is 64.7 Å².